The minimum absolute atomic E-state index is 0.0271. The van der Waals surface area contributed by atoms with Crippen LogP contribution in [0.1, 0.15) is 17.2 Å². The number of hydrogen-bond donors (Lipinski definition) is 1. The number of halogens is 4. The number of rotatable bonds is 4. The molecular weight excluding hydrogens is 408 g/mol. The van der Waals surface area contributed by atoms with Crippen LogP contribution in [0.2, 0.25) is 5.02 Å². The number of likely N-dealkylation sites (N-methyl/N-ethyl adjacent to an activating group) is 1. The fourth-order valence-corrected chi connectivity index (χ4v) is 2.87. The Kier molecular flexibility index (Phi) is 5.61. The predicted octanol–water partition coefficient (Wildman–Crippen LogP) is 5.51. The molecule has 1 unspecified atom stereocenters. The van der Waals surface area contributed by atoms with E-state index in [-0.39, 0.29) is 11.9 Å². The van der Waals surface area contributed by atoms with Gasteiger partial charge in [-0.2, -0.15) is 0 Å². The molecule has 0 aliphatic rings. The second kappa shape index (κ2) is 7.03. The predicted molar refractivity (Wildman–Crippen MR) is 88.8 cm³/mol. The summed E-state index contributed by atoms with van der Waals surface area (Å²) in [6, 6.07) is 10.9. The van der Waals surface area contributed by atoms with Crippen molar-refractivity contribution in [3.05, 3.63) is 67.3 Å². The van der Waals surface area contributed by atoms with Crippen molar-refractivity contribution in [3.8, 4) is 0 Å². The second-order valence-corrected chi connectivity index (χ2v) is 6.63. The van der Waals surface area contributed by atoms with Gasteiger partial charge in [0.25, 0.3) is 0 Å². The number of nitrogens with one attached hydrogen (secondary N) is 1. The summed E-state index contributed by atoms with van der Waals surface area (Å²) >= 11 is 12.7. The van der Waals surface area contributed by atoms with Crippen LogP contribution in [0.4, 0.5) is 4.39 Å². The summed E-state index contributed by atoms with van der Waals surface area (Å²) in [5.74, 6) is -0.201. The van der Waals surface area contributed by atoms with E-state index in [1.807, 2.05) is 31.3 Å². The molecule has 0 aromatic heterocycles. The van der Waals surface area contributed by atoms with Crippen molar-refractivity contribution in [2.24, 2.45) is 0 Å². The summed E-state index contributed by atoms with van der Waals surface area (Å²) in [6.45, 7) is 0. The third-order valence-corrected chi connectivity index (χ3v) is 4.84. The average molecular weight is 422 g/mol. The average Bonchev–Trinajstić information content (AvgIpc) is 2.41. The maximum atomic E-state index is 13.9. The molecule has 2 aromatic carbocycles. The summed E-state index contributed by atoms with van der Waals surface area (Å²) in [5, 5.41) is 3.88. The van der Waals surface area contributed by atoms with Crippen molar-refractivity contribution in [1.82, 2.24) is 5.32 Å². The lowest BCUT2D eigenvalue weighted by molar-refractivity contribution is 0.554. The van der Waals surface area contributed by atoms with Gasteiger partial charge < -0.3 is 5.32 Å². The molecule has 0 saturated carbocycles. The quantitative estimate of drug-likeness (QED) is 0.687. The summed E-state index contributed by atoms with van der Waals surface area (Å²) in [5.41, 5.74) is 1.74. The summed E-state index contributed by atoms with van der Waals surface area (Å²) < 4.78 is 15.5. The molecule has 0 heterocycles. The summed E-state index contributed by atoms with van der Waals surface area (Å²) in [7, 11) is 1.87. The van der Waals surface area contributed by atoms with Crippen LogP contribution in [0.3, 0.4) is 0 Å². The largest absolute Gasteiger partial charge is 0.313 e. The molecular formula is C15H13Br2ClFN. The van der Waals surface area contributed by atoms with Gasteiger partial charge in [-0.05, 0) is 64.8 Å². The van der Waals surface area contributed by atoms with Gasteiger partial charge in [0.1, 0.15) is 5.82 Å². The lowest BCUT2D eigenvalue weighted by Gasteiger charge is -2.18. The first kappa shape index (κ1) is 16.0. The summed E-state index contributed by atoms with van der Waals surface area (Å²) in [4.78, 5) is 0. The maximum absolute atomic E-state index is 13.9. The van der Waals surface area contributed by atoms with Crippen LogP contribution in [0.15, 0.2) is 45.3 Å². The smallest absolute Gasteiger partial charge is 0.127 e. The topological polar surface area (TPSA) is 12.0 Å². The molecule has 1 nitrogen and oxygen atoms in total. The maximum Gasteiger partial charge on any atom is 0.127 e. The van der Waals surface area contributed by atoms with Crippen molar-refractivity contribution in [2.45, 2.75) is 12.5 Å². The molecule has 0 radical (unpaired) electrons. The Bertz CT molecular complexity index is 619. The van der Waals surface area contributed by atoms with E-state index < -0.39 is 0 Å². The Morgan fingerprint density at radius 3 is 2.55 bits per heavy atom. The van der Waals surface area contributed by atoms with E-state index in [4.69, 9.17) is 11.6 Å². The van der Waals surface area contributed by atoms with Crippen LogP contribution in [0.25, 0.3) is 0 Å². The van der Waals surface area contributed by atoms with E-state index in [0.717, 1.165) is 14.5 Å². The molecule has 106 valence electrons. The van der Waals surface area contributed by atoms with E-state index in [1.165, 1.54) is 6.07 Å². The van der Waals surface area contributed by atoms with Crippen LogP contribution < -0.4 is 5.32 Å². The molecule has 2 aromatic rings. The number of hydrogen-bond acceptors (Lipinski definition) is 1. The lowest BCUT2D eigenvalue weighted by atomic mass is 9.99. The van der Waals surface area contributed by atoms with Gasteiger partial charge in [0, 0.05) is 15.0 Å². The third kappa shape index (κ3) is 3.82. The Morgan fingerprint density at radius 1 is 1.20 bits per heavy atom. The van der Waals surface area contributed by atoms with Crippen molar-refractivity contribution >= 4 is 43.5 Å². The van der Waals surface area contributed by atoms with Gasteiger partial charge in [-0.3, -0.25) is 0 Å². The molecule has 0 aliphatic heterocycles. The zero-order valence-corrected chi connectivity index (χ0v) is 14.7. The molecule has 0 aliphatic carbocycles. The Balaban J connectivity index is 2.26. The van der Waals surface area contributed by atoms with Gasteiger partial charge >= 0.3 is 0 Å². The SMILES string of the molecule is CNC(Cc1ccc(Br)cc1F)c1ccc(Cl)c(Br)c1. The first-order chi connectivity index (χ1) is 9.51. The van der Waals surface area contributed by atoms with Crippen molar-refractivity contribution in [1.29, 1.82) is 0 Å². The number of benzene rings is 2. The van der Waals surface area contributed by atoms with E-state index in [9.17, 15) is 4.39 Å². The molecule has 1 atom stereocenters. The molecule has 5 heteroatoms. The monoisotopic (exact) mass is 419 g/mol. The molecule has 0 fully saturated rings. The molecule has 0 spiro atoms. The van der Waals surface area contributed by atoms with Crippen molar-refractivity contribution in [3.63, 3.8) is 0 Å². The van der Waals surface area contributed by atoms with Gasteiger partial charge in [0.15, 0.2) is 0 Å². The molecule has 20 heavy (non-hydrogen) atoms. The molecule has 0 saturated heterocycles. The molecule has 2 rings (SSSR count). The second-order valence-electron chi connectivity index (χ2n) is 4.45. The fraction of sp³-hybridized carbons (Fsp3) is 0.200. The first-order valence-corrected chi connectivity index (χ1v) is 8.04. The zero-order valence-electron chi connectivity index (χ0n) is 10.8. The van der Waals surface area contributed by atoms with Crippen LogP contribution >= 0.6 is 43.5 Å². The normalized spacial score (nSPS) is 12.4. The van der Waals surface area contributed by atoms with Crippen LogP contribution in [-0.4, -0.2) is 7.05 Å². The zero-order chi connectivity index (χ0) is 14.7. The highest BCUT2D eigenvalue weighted by Crippen LogP contribution is 2.28. The van der Waals surface area contributed by atoms with Gasteiger partial charge in [-0.1, -0.05) is 39.7 Å². The van der Waals surface area contributed by atoms with Gasteiger partial charge in [-0.25, -0.2) is 4.39 Å². The van der Waals surface area contributed by atoms with E-state index >= 15 is 0 Å². The molecule has 0 amide bonds. The Labute approximate surface area is 139 Å². The highest BCUT2D eigenvalue weighted by atomic mass is 79.9. The highest BCUT2D eigenvalue weighted by molar-refractivity contribution is 9.10. The Hall–Kier alpha value is -0.420. The van der Waals surface area contributed by atoms with Gasteiger partial charge in [0.2, 0.25) is 0 Å². The standard InChI is InChI=1S/C15H13Br2ClFN/c1-20-15(10-3-5-13(18)12(17)6-10)7-9-2-4-11(16)8-14(9)19/h2-6,8,15,20H,7H2,1H3. The van der Waals surface area contributed by atoms with Crippen LogP contribution in [0, 0.1) is 5.82 Å². The molecule has 1 N–H and O–H groups in total. The third-order valence-electron chi connectivity index (χ3n) is 3.13. The van der Waals surface area contributed by atoms with E-state index in [0.29, 0.717) is 17.0 Å². The molecule has 0 bridgehead atoms. The van der Waals surface area contributed by atoms with Gasteiger partial charge in [-0.15, -0.1) is 0 Å². The van der Waals surface area contributed by atoms with Crippen molar-refractivity contribution < 1.29 is 4.39 Å². The Morgan fingerprint density at radius 2 is 1.95 bits per heavy atom. The van der Waals surface area contributed by atoms with E-state index in [2.05, 4.69) is 37.2 Å². The van der Waals surface area contributed by atoms with Crippen LogP contribution in [-0.2, 0) is 6.42 Å². The van der Waals surface area contributed by atoms with Crippen LogP contribution in [0.5, 0.6) is 0 Å². The summed E-state index contributed by atoms with van der Waals surface area (Å²) in [6.07, 6.45) is 0.573. The fourth-order valence-electron chi connectivity index (χ4n) is 2.02. The first-order valence-electron chi connectivity index (χ1n) is 6.07. The van der Waals surface area contributed by atoms with Gasteiger partial charge in [0.05, 0.1) is 5.02 Å². The van der Waals surface area contributed by atoms with Crippen molar-refractivity contribution in [2.75, 3.05) is 7.05 Å². The highest BCUT2D eigenvalue weighted by Gasteiger charge is 2.14. The lowest BCUT2D eigenvalue weighted by Crippen LogP contribution is -2.19. The minimum atomic E-state index is -0.201. The van der Waals surface area contributed by atoms with E-state index in [1.54, 1.807) is 6.07 Å². The minimum Gasteiger partial charge on any atom is -0.313 e.